The summed E-state index contributed by atoms with van der Waals surface area (Å²) in [5.74, 6) is 0.773. The molecule has 77 valence electrons. The summed E-state index contributed by atoms with van der Waals surface area (Å²) in [6.07, 6.45) is 1.27. The fourth-order valence-corrected chi connectivity index (χ4v) is 1.29. The maximum atomic E-state index is 11.6. The summed E-state index contributed by atoms with van der Waals surface area (Å²) in [5.41, 5.74) is 0. The van der Waals surface area contributed by atoms with Crippen molar-refractivity contribution in [1.29, 1.82) is 0 Å². The molecule has 0 aromatic rings. The van der Waals surface area contributed by atoms with E-state index in [9.17, 15) is 4.79 Å². The molecule has 0 spiro atoms. The Balaban J connectivity index is 4.15. The second-order valence-corrected chi connectivity index (χ2v) is 4.14. The quantitative estimate of drug-likeness (QED) is 0.643. The molecule has 0 aromatic carbocycles. The molecule has 0 aliphatic rings. The number of carbonyl (C=O) groups excluding carboxylic acids is 1. The van der Waals surface area contributed by atoms with Crippen LogP contribution in [0.3, 0.4) is 0 Å². The van der Waals surface area contributed by atoms with Gasteiger partial charge in [0.1, 0.15) is 0 Å². The first-order chi connectivity index (χ1) is 5.99. The second-order valence-electron chi connectivity index (χ2n) is 4.14. The van der Waals surface area contributed by atoms with E-state index in [0.717, 1.165) is 6.54 Å². The summed E-state index contributed by atoms with van der Waals surface area (Å²) in [5, 5.41) is 0. The fraction of sp³-hybridized carbons (Fsp3) is 0.818. The molecular weight excluding hydrogens is 162 g/mol. The largest absolute Gasteiger partial charge is 0.340 e. The van der Waals surface area contributed by atoms with Gasteiger partial charge in [0, 0.05) is 19.0 Å². The molecule has 0 saturated carbocycles. The Kier molecular flexibility index (Phi) is 5.76. The van der Waals surface area contributed by atoms with Crippen molar-refractivity contribution < 1.29 is 4.79 Å². The third kappa shape index (κ3) is 4.91. The standard InChI is InChI=1S/C11H22NO/c1-6-7-11(13)12(10(4)5)8-9(2)3/h9-10H,1,6-8H2,2-5H3. The first-order valence-electron chi connectivity index (χ1n) is 5.07. The lowest BCUT2D eigenvalue weighted by atomic mass is 10.1. The highest BCUT2D eigenvalue weighted by Gasteiger charge is 2.16. The Morgan fingerprint density at radius 2 is 1.85 bits per heavy atom. The third-order valence-corrected chi connectivity index (χ3v) is 1.90. The zero-order chi connectivity index (χ0) is 10.4. The highest BCUT2D eigenvalue weighted by molar-refractivity contribution is 5.76. The van der Waals surface area contributed by atoms with Crippen molar-refractivity contribution in [1.82, 2.24) is 4.90 Å². The molecule has 0 fully saturated rings. The van der Waals surface area contributed by atoms with Crippen molar-refractivity contribution in [3.05, 3.63) is 6.92 Å². The molecule has 0 unspecified atom stereocenters. The van der Waals surface area contributed by atoms with Crippen LogP contribution in [-0.4, -0.2) is 23.4 Å². The van der Waals surface area contributed by atoms with Crippen LogP contribution in [0.1, 0.15) is 40.5 Å². The van der Waals surface area contributed by atoms with Gasteiger partial charge in [-0.25, -0.2) is 0 Å². The minimum Gasteiger partial charge on any atom is -0.340 e. The van der Waals surface area contributed by atoms with Gasteiger partial charge >= 0.3 is 0 Å². The van der Waals surface area contributed by atoms with Gasteiger partial charge in [-0.3, -0.25) is 4.79 Å². The first-order valence-corrected chi connectivity index (χ1v) is 5.07. The van der Waals surface area contributed by atoms with E-state index in [2.05, 4.69) is 34.6 Å². The average molecular weight is 184 g/mol. The van der Waals surface area contributed by atoms with Crippen LogP contribution in [0.15, 0.2) is 0 Å². The summed E-state index contributed by atoms with van der Waals surface area (Å²) in [6.45, 7) is 12.9. The van der Waals surface area contributed by atoms with E-state index in [1.807, 2.05) is 4.90 Å². The Morgan fingerprint density at radius 1 is 1.31 bits per heavy atom. The van der Waals surface area contributed by atoms with Gasteiger partial charge in [0.05, 0.1) is 0 Å². The maximum Gasteiger partial charge on any atom is 0.222 e. The van der Waals surface area contributed by atoms with E-state index in [4.69, 9.17) is 0 Å². The molecule has 0 bridgehead atoms. The number of amides is 1. The van der Waals surface area contributed by atoms with Crippen molar-refractivity contribution in [3.8, 4) is 0 Å². The van der Waals surface area contributed by atoms with Gasteiger partial charge in [-0.1, -0.05) is 20.8 Å². The Labute approximate surface area is 82.3 Å². The van der Waals surface area contributed by atoms with E-state index in [1.54, 1.807) is 0 Å². The lowest BCUT2D eigenvalue weighted by molar-refractivity contribution is -0.133. The highest BCUT2D eigenvalue weighted by atomic mass is 16.2. The smallest absolute Gasteiger partial charge is 0.222 e. The molecule has 0 aliphatic heterocycles. The summed E-state index contributed by atoms with van der Waals surface area (Å²) in [4.78, 5) is 13.5. The number of hydrogen-bond donors (Lipinski definition) is 0. The molecule has 0 N–H and O–H groups in total. The van der Waals surface area contributed by atoms with E-state index >= 15 is 0 Å². The van der Waals surface area contributed by atoms with Crippen molar-refractivity contribution in [2.75, 3.05) is 6.54 Å². The molecule has 0 aliphatic carbocycles. The van der Waals surface area contributed by atoms with E-state index in [1.165, 1.54) is 0 Å². The molecular formula is C11H22NO. The van der Waals surface area contributed by atoms with Crippen molar-refractivity contribution >= 4 is 5.91 Å². The van der Waals surface area contributed by atoms with E-state index < -0.39 is 0 Å². The van der Waals surface area contributed by atoms with Crippen LogP contribution < -0.4 is 0 Å². The van der Waals surface area contributed by atoms with Gasteiger partial charge in [-0.05, 0) is 26.2 Å². The normalized spacial score (nSPS) is 11.0. The monoisotopic (exact) mass is 184 g/mol. The number of carbonyl (C=O) groups is 1. The third-order valence-electron chi connectivity index (χ3n) is 1.90. The van der Waals surface area contributed by atoms with Crippen molar-refractivity contribution in [3.63, 3.8) is 0 Å². The van der Waals surface area contributed by atoms with E-state index in [-0.39, 0.29) is 5.91 Å². The summed E-state index contributed by atoms with van der Waals surface area (Å²) >= 11 is 0. The lowest BCUT2D eigenvalue weighted by Crippen LogP contribution is -2.39. The Hall–Kier alpha value is -0.530. The van der Waals surface area contributed by atoms with Crippen LogP contribution >= 0.6 is 0 Å². The Morgan fingerprint density at radius 3 is 2.15 bits per heavy atom. The van der Waals surface area contributed by atoms with Gasteiger partial charge in [0.2, 0.25) is 5.91 Å². The number of hydrogen-bond acceptors (Lipinski definition) is 1. The molecule has 0 saturated heterocycles. The van der Waals surface area contributed by atoms with Crippen LogP contribution in [0.25, 0.3) is 0 Å². The maximum absolute atomic E-state index is 11.6. The molecule has 1 amide bonds. The topological polar surface area (TPSA) is 20.3 Å². The first kappa shape index (κ1) is 12.5. The predicted molar refractivity (Wildman–Crippen MR) is 56.3 cm³/mol. The minimum absolute atomic E-state index is 0.235. The summed E-state index contributed by atoms with van der Waals surface area (Å²) in [7, 11) is 0. The molecule has 0 heterocycles. The van der Waals surface area contributed by atoms with Crippen LogP contribution in [0.4, 0.5) is 0 Å². The van der Waals surface area contributed by atoms with E-state index in [0.29, 0.717) is 24.8 Å². The molecule has 0 atom stereocenters. The SMILES string of the molecule is [CH2]CCC(=O)N(CC(C)C)C(C)C. The molecule has 0 aromatic heterocycles. The van der Waals surface area contributed by atoms with Gasteiger partial charge in [0.15, 0.2) is 0 Å². The van der Waals surface area contributed by atoms with Crippen LogP contribution in [-0.2, 0) is 4.79 Å². The van der Waals surface area contributed by atoms with Crippen LogP contribution in [0.5, 0.6) is 0 Å². The Bertz CT molecular complexity index is 152. The molecule has 1 radical (unpaired) electrons. The predicted octanol–water partition coefficient (Wildman–Crippen LogP) is 2.49. The van der Waals surface area contributed by atoms with Crippen molar-refractivity contribution in [2.45, 2.75) is 46.6 Å². The van der Waals surface area contributed by atoms with Gasteiger partial charge in [-0.2, -0.15) is 0 Å². The van der Waals surface area contributed by atoms with Crippen LogP contribution in [0, 0.1) is 12.8 Å². The zero-order valence-electron chi connectivity index (χ0n) is 9.34. The molecule has 2 nitrogen and oxygen atoms in total. The zero-order valence-corrected chi connectivity index (χ0v) is 9.34. The summed E-state index contributed by atoms with van der Waals surface area (Å²) < 4.78 is 0. The van der Waals surface area contributed by atoms with Crippen LogP contribution in [0.2, 0.25) is 0 Å². The molecule has 2 heteroatoms. The highest BCUT2D eigenvalue weighted by Crippen LogP contribution is 2.07. The van der Waals surface area contributed by atoms with Gasteiger partial charge in [-0.15, -0.1) is 0 Å². The summed E-state index contributed by atoms with van der Waals surface area (Å²) in [6, 6.07) is 0.307. The average Bonchev–Trinajstić information content (AvgIpc) is 1.99. The number of rotatable bonds is 5. The van der Waals surface area contributed by atoms with Crippen molar-refractivity contribution in [2.24, 2.45) is 5.92 Å². The fourth-order valence-electron chi connectivity index (χ4n) is 1.29. The lowest BCUT2D eigenvalue weighted by Gasteiger charge is -2.28. The van der Waals surface area contributed by atoms with Gasteiger partial charge in [0.25, 0.3) is 0 Å². The number of nitrogens with zero attached hydrogens (tertiary/aromatic N) is 1. The molecule has 0 rings (SSSR count). The van der Waals surface area contributed by atoms with Gasteiger partial charge < -0.3 is 4.90 Å². The second kappa shape index (κ2) is 6.01. The molecule has 13 heavy (non-hydrogen) atoms. The minimum atomic E-state index is 0.235.